The Morgan fingerprint density at radius 1 is 1.31 bits per heavy atom. The van der Waals surface area contributed by atoms with Crippen molar-refractivity contribution in [2.24, 2.45) is 0 Å². The summed E-state index contributed by atoms with van der Waals surface area (Å²) in [4.78, 5) is 0. The summed E-state index contributed by atoms with van der Waals surface area (Å²) in [5, 5.41) is 9.43. The Labute approximate surface area is 96.1 Å². The number of benzene rings is 1. The van der Waals surface area contributed by atoms with Gasteiger partial charge in [0.25, 0.3) is 0 Å². The monoisotopic (exact) mass is 226 g/mol. The van der Waals surface area contributed by atoms with Gasteiger partial charge in [0.15, 0.2) is 0 Å². The van der Waals surface area contributed by atoms with E-state index in [1.807, 2.05) is 37.3 Å². The lowest BCUT2D eigenvalue weighted by Crippen LogP contribution is -2.27. The van der Waals surface area contributed by atoms with Gasteiger partial charge < -0.3 is 9.84 Å². The summed E-state index contributed by atoms with van der Waals surface area (Å²) in [6, 6.07) is 9.64. The van der Waals surface area contributed by atoms with Crippen LogP contribution in [-0.4, -0.2) is 24.0 Å². The van der Waals surface area contributed by atoms with Gasteiger partial charge in [-0.1, -0.05) is 43.7 Å². The number of ether oxygens (including phenoxy) is 1. The molecule has 0 fully saturated rings. The van der Waals surface area contributed by atoms with Crippen molar-refractivity contribution in [3.8, 4) is 0 Å². The first kappa shape index (κ1) is 13.1. The average Bonchev–Trinajstić information content (AvgIpc) is 2.30. The molecule has 3 heteroatoms. The molecule has 2 atom stereocenters. The highest BCUT2D eigenvalue weighted by Gasteiger charge is 2.17. The van der Waals surface area contributed by atoms with Crippen LogP contribution in [0.1, 0.15) is 25.3 Å². The zero-order valence-electron chi connectivity index (χ0n) is 9.60. The summed E-state index contributed by atoms with van der Waals surface area (Å²) in [6.07, 6.45) is -1.07. The molecular weight excluding hydrogens is 207 g/mol. The number of aliphatic hydroxyl groups excluding tert-OH is 1. The Hall–Kier alpha value is -0.930. The van der Waals surface area contributed by atoms with Crippen LogP contribution in [0.25, 0.3) is 0 Å². The summed E-state index contributed by atoms with van der Waals surface area (Å²) in [5.41, 5.74) is 1.03. The van der Waals surface area contributed by atoms with Crippen molar-refractivity contribution < 1.29 is 14.2 Å². The van der Waals surface area contributed by atoms with Gasteiger partial charge in [-0.25, -0.2) is 4.39 Å². The van der Waals surface area contributed by atoms with E-state index in [0.29, 0.717) is 13.0 Å². The van der Waals surface area contributed by atoms with Gasteiger partial charge in [-0.05, 0) is 12.0 Å². The molecule has 1 aromatic rings. The Kier molecular flexibility index (Phi) is 6.04. The molecule has 0 heterocycles. The van der Waals surface area contributed by atoms with Crippen LogP contribution in [-0.2, 0) is 11.3 Å². The topological polar surface area (TPSA) is 29.5 Å². The van der Waals surface area contributed by atoms with E-state index in [2.05, 4.69) is 0 Å². The minimum absolute atomic E-state index is 0.0516. The van der Waals surface area contributed by atoms with Crippen LogP contribution in [0.3, 0.4) is 0 Å². The molecular formula is C13H19FO2. The average molecular weight is 226 g/mol. The van der Waals surface area contributed by atoms with Crippen molar-refractivity contribution in [3.63, 3.8) is 0 Å². The van der Waals surface area contributed by atoms with Gasteiger partial charge >= 0.3 is 0 Å². The maximum absolute atomic E-state index is 13.2. The fraction of sp³-hybridized carbons (Fsp3) is 0.538. The maximum Gasteiger partial charge on any atom is 0.128 e. The first-order valence-electron chi connectivity index (χ1n) is 5.67. The highest BCUT2D eigenvalue weighted by molar-refractivity contribution is 5.13. The van der Waals surface area contributed by atoms with E-state index in [9.17, 15) is 9.50 Å². The van der Waals surface area contributed by atoms with Crippen LogP contribution in [0.15, 0.2) is 30.3 Å². The van der Waals surface area contributed by atoms with Gasteiger partial charge in [0, 0.05) is 0 Å². The summed E-state index contributed by atoms with van der Waals surface area (Å²) >= 11 is 0. The zero-order chi connectivity index (χ0) is 11.8. The van der Waals surface area contributed by atoms with Gasteiger partial charge in [0.1, 0.15) is 12.3 Å². The largest absolute Gasteiger partial charge is 0.388 e. The van der Waals surface area contributed by atoms with Gasteiger partial charge in [-0.2, -0.15) is 0 Å². The van der Waals surface area contributed by atoms with Gasteiger partial charge in [-0.3, -0.25) is 0 Å². The fourth-order valence-electron chi connectivity index (χ4n) is 1.44. The summed E-state index contributed by atoms with van der Waals surface area (Å²) in [7, 11) is 0. The van der Waals surface area contributed by atoms with Crippen molar-refractivity contribution in [1.29, 1.82) is 0 Å². The number of aliphatic hydroxyl groups is 1. The van der Waals surface area contributed by atoms with Crippen LogP contribution in [0.4, 0.5) is 4.39 Å². The van der Waals surface area contributed by atoms with Crippen molar-refractivity contribution >= 4 is 0 Å². The molecule has 1 aromatic carbocycles. The molecule has 0 radical (unpaired) electrons. The highest BCUT2D eigenvalue weighted by atomic mass is 19.1. The standard InChI is InChI=1S/C13H19FO2/c1-2-6-12(14)13(15)10-16-9-11-7-4-3-5-8-11/h3-5,7-8,12-13,15H,2,6,9-10H2,1H3/t12-,13+/m0/s1. The molecule has 1 rings (SSSR count). The first-order chi connectivity index (χ1) is 7.74. The molecule has 0 aliphatic carbocycles. The molecule has 2 nitrogen and oxygen atoms in total. The van der Waals surface area contributed by atoms with E-state index in [1.54, 1.807) is 0 Å². The third kappa shape index (κ3) is 4.73. The molecule has 16 heavy (non-hydrogen) atoms. The first-order valence-corrected chi connectivity index (χ1v) is 5.67. The molecule has 90 valence electrons. The predicted octanol–water partition coefficient (Wildman–Crippen LogP) is 2.70. The molecule has 0 aliphatic rings. The van der Waals surface area contributed by atoms with Crippen LogP contribution >= 0.6 is 0 Å². The Balaban J connectivity index is 2.20. The second kappa shape index (κ2) is 7.36. The number of hydrogen-bond acceptors (Lipinski definition) is 2. The SMILES string of the molecule is CCC[C@H](F)[C@H](O)COCc1ccccc1. The second-order valence-corrected chi connectivity index (χ2v) is 3.87. The van der Waals surface area contributed by atoms with E-state index < -0.39 is 12.3 Å². The lowest BCUT2D eigenvalue weighted by Gasteiger charge is -2.15. The molecule has 0 saturated heterocycles. The molecule has 0 aromatic heterocycles. The smallest absolute Gasteiger partial charge is 0.128 e. The van der Waals surface area contributed by atoms with E-state index in [0.717, 1.165) is 12.0 Å². The number of hydrogen-bond donors (Lipinski definition) is 1. The van der Waals surface area contributed by atoms with Gasteiger partial charge in [0.05, 0.1) is 13.2 Å². The van der Waals surface area contributed by atoms with E-state index >= 15 is 0 Å². The van der Waals surface area contributed by atoms with Crippen molar-refractivity contribution in [2.75, 3.05) is 6.61 Å². The zero-order valence-corrected chi connectivity index (χ0v) is 9.60. The minimum atomic E-state index is -1.18. The van der Waals surface area contributed by atoms with Gasteiger partial charge in [-0.15, -0.1) is 0 Å². The Morgan fingerprint density at radius 2 is 2.00 bits per heavy atom. The predicted molar refractivity (Wildman–Crippen MR) is 61.9 cm³/mol. The maximum atomic E-state index is 13.2. The third-order valence-electron chi connectivity index (χ3n) is 2.38. The quantitative estimate of drug-likeness (QED) is 0.774. The van der Waals surface area contributed by atoms with Crippen LogP contribution in [0.2, 0.25) is 0 Å². The number of halogens is 1. The summed E-state index contributed by atoms with van der Waals surface area (Å²) in [6.45, 7) is 2.36. The Morgan fingerprint density at radius 3 is 2.62 bits per heavy atom. The minimum Gasteiger partial charge on any atom is -0.388 e. The molecule has 0 aliphatic heterocycles. The lowest BCUT2D eigenvalue weighted by molar-refractivity contribution is -0.0150. The van der Waals surface area contributed by atoms with E-state index in [1.165, 1.54) is 0 Å². The van der Waals surface area contributed by atoms with Crippen LogP contribution in [0.5, 0.6) is 0 Å². The molecule has 0 bridgehead atoms. The van der Waals surface area contributed by atoms with Crippen LogP contribution < -0.4 is 0 Å². The third-order valence-corrected chi connectivity index (χ3v) is 2.38. The second-order valence-electron chi connectivity index (χ2n) is 3.87. The van der Waals surface area contributed by atoms with E-state index in [4.69, 9.17) is 4.74 Å². The molecule has 0 saturated carbocycles. The fourth-order valence-corrected chi connectivity index (χ4v) is 1.44. The molecule has 0 spiro atoms. The van der Waals surface area contributed by atoms with Gasteiger partial charge in [0.2, 0.25) is 0 Å². The van der Waals surface area contributed by atoms with Crippen LogP contribution in [0, 0.1) is 0 Å². The van der Waals surface area contributed by atoms with Crippen molar-refractivity contribution in [3.05, 3.63) is 35.9 Å². The number of alkyl halides is 1. The molecule has 0 unspecified atom stereocenters. The van der Waals surface area contributed by atoms with Crippen molar-refractivity contribution in [1.82, 2.24) is 0 Å². The summed E-state index contributed by atoms with van der Waals surface area (Å²) < 4.78 is 18.5. The molecule has 1 N–H and O–H groups in total. The Bertz CT molecular complexity index is 277. The van der Waals surface area contributed by atoms with Crippen molar-refractivity contribution in [2.45, 2.75) is 38.6 Å². The highest BCUT2D eigenvalue weighted by Crippen LogP contribution is 2.08. The number of rotatable bonds is 7. The lowest BCUT2D eigenvalue weighted by atomic mass is 10.1. The normalized spacial score (nSPS) is 14.7. The summed E-state index contributed by atoms with van der Waals surface area (Å²) in [5.74, 6) is 0. The molecule has 0 amide bonds. The van der Waals surface area contributed by atoms with E-state index in [-0.39, 0.29) is 6.61 Å².